The average molecular weight is 194 g/mol. The average Bonchev–Trinajstić information content (AvgIpc) is 2.18. The first kappa shape index (κ1) is 10.2. The highest BCUT2D eigenvalue weighted by molar-refractivity contribution is 5.62. The fourth-order valence-corrected chi connectivity index (χ4v) is 1.00. The van der Waals surface area contributed by atoms with E-state index < -0.39 is 4.92 Å². The van der Waals surface area contributed by atoms with Crippen molar-refractivity contribution in [2.45, 2.75) is 6.92 Å². The first-order valence-electron chi connectivity index (χ1n) is 4.08. The Balaban J connectivity index is 3.07. The Bertz CT molecular complexity index is 363. The van der Waals surface area contributed by atoms with Gasteiger partial charge in [0.15, 0.2) is 5.69 Å². The van der Waals surface area contributed by atoms with E-state index in [4.69, 9.17) is 4.74 Å². The Morgan fingerprint density at radius 1 is 1.79 bits per heavy atom. The Morgan fingerprint density at radius 3 is 3.07 bits per heavy atom. The largest absolute Gasteiger partial charge is 0.492 e. The van der Waals surface area contributed by atoms with Gasteiger partial charge in [-0.2, -0.15) is 0 Å². The van der Waals surface area contributed by atoms with Crippen LogP contribution in [0.15, 0.2) is 24.9 Å². The van der Waals surface area contributed by atoms with Gasteiger partial charge in [-0.25, -0.2) is 4.98 Å². The molecule has 0 atom stereocenters. The predicted octanol–water partition coefficient (Wildman–Crippen LogP) is 2.00. The molecule has 0 N–H and O–H groups in total. The van der Waals surface area contributed by atoms with Gasteiger partial charge in [-0.3, -0.25) is 10.1 Å². The Labute approximate surface area is 81.2 Å². The second-order valence-corrected chi connectivity index (χ2v) is 2.48. The van der Waals surface area contributed by atoms with Crippen molar-refractivity contribution in [1.82, 2.24) is 4.98 Å². The first-order valence-corrected chi connectivity index (χ1v) is 4.08. The van der Waals surface area contributed by atoms with Crippen molar-refractivity contribution < 1.29 is 9.66 Å². The molecular weight excluding hydrogens is 184 g/mol. The van der Waals surface area contributed by atoms with E-state index >= 15 is 0 Å². The summed E-state index contributed by atoms with van der Waals surface area (Å²) in [6.07, 6.45) is 1.46. The van der Waals surface area contributed by atoms with Crippen molar-refractivity contribution in [2.24, 2.45) is 0 Å². The number of nitro groups is 1. The minimum Gasteiger partial charge on any atom is -0.492 e. The molecule has 0 bridgehead atoms. The van der Waals surface area contributed by atoms with E-state index in [1.807, 2.05) is 0 Å². The topological polar surface area (TPSA) is 65.3 Å². The van der Waals surface area contributed by atoms with Gasteiger partial charge in [0.25, 0.3) is 5.69 Å². The summed E-state index contributed by atoms with van der Waals surface area (Å²) in [4.78, 5) is 13.9. The fraction of sp³-hybridized carbons (Fsp3) is 0.222. The quantitative estimate of drug-likeness (QED) is 0.417. The molecule has 1 aromatic heterocycles. The van der Waals surface area contributed by atoms with Crippen molar-refractivity contribution in [3.63, 3.8) is 0 Å². The summed E-state index contributed by atoms with van der Waals surface area (Å²) >= 11 is 0. The maximum absolute atomic E-state index is 10.6. The van der Waals surface area contributed by atoms with Crippen molar-refractivity contribution in [3.8, 4) is 0 Å². The lowest BCUT2D eigenvalue weighted by Crippen LogP contribution is -1.99. The smallest absolute Gasteiger partial charge is 0.298 e. The molecular formula is C9H10N2O3. The number of hydrogen-bond donors (Lipinski definition) is 0. The number of ether oxygens (including phenoxy) is 1. The number of hydrogen-bond acceptors (Lipinski definition) is 4. The van der Waals surface area contributed by atoms with E-state index in [2.05, 4.69) is 11.6 Å². The third-order valence-electron chi connectivity index (χ3n) is 1.57. The molecule has 14 heavy (non-hydrogen) atoms. The van der Waals surface area contributed by atoms with Gasteiger partial charge in [-0.05, 0) is 13.0 Å². The first-order chi connectivity index (χ1) is 6.66. The molecule has 0 saturated heterocycles. The van der Waals surface area contributed by atoms with Crippen molar-refractivity contribution >= 4 is 11.4 Å². The van der Waals surface area contributed by atoms with Gasteiger partial charge in [0, 0.05) is 12.3 Å². The standard InChI is InChI=1S/C9H10N2O3/c1-3-14-7(2)9-8(11(12)13)5-4-6-10-9/h4-6H,2-3H2,1H3. The van der Waals surface area contributed by atoms with Crippen LogP contribution in [0.2, 0.25) is 0 Å². The summed E-state index contributed by atoms with van der Waals surface area (Å²) < 4.78 is 5.06. The summed E-state index contributed by atoms with van der Waals surface area (Å²) in [5, 5.41) is 10.6. The lowest BCUT2D eigenvalue weighted by molar-refractivity contribution is -0.385. The minimum atomic E-state index is -0.507. The molecule has 0 fully saturated rings. The van der Waals surface area contributed by atoms with Crippen LogP contribution in [0, 0.1) is 10.1 Å². The van der Waals surface area contributed by atoms with E-state index in [-0.39, 0.29) is 17.1 Å². The Hall–Kier alpha value is -1.91. The Morgan fingerprint density at radius 2 is 2.50 bits per heavy atom. The normalized spacial score (nSPS) is 9.50. The molecule has 0 saturated carbocycles. The molecule has 0 aliphatic heterocycles. The zero-order valence-electron chi connectivity index (χ0n) is 7.77. The molecule has 5 nitrogen and oxygen atoms in total. The van der Waals surface area contributed by atoms with Gasteiger partial charge in [-0.15, -0.1) is 0 Å². The predicted molar refractivity (Wildman–Crippen MR) is 51.6 cm³/mol. The van der Waals surface area contributed by atoms with Gasteiger partial charge in [-0.1, -0.05) is 6.58 Å². The van der Waals surface area contributed by atoms with Crippen LogP contribution < -0.4 is 0 Å². The summed E-state index contributed by atoms with van der Waals surface area (Å²) in [5.41, 5.74) is 0.0882. The summed E-state index contributed by atoms with van der Waals surface area (Å²) in [5.74, 6) is 0.222. The third kappa shape index (κ3) is 2.07. The van der Waals surface area contributed by atoms with Crippen LogP contribution in [0.5, 0.6) is 0 Å². The Kier molecular flexibility index (Phi) is 3.17. The second kappa shape index (κ2) is 4.36. The molecule has 0 unspecified atom stereocenters. The third-order valence-corrected chi connectivity index (χ3v) is 1.57. The van der Waals surface area contributed by atoms with Crippen molar-refractivity contribution in [1.29, 1.82) is 0 Å². The molecule has 0 aromatic carbocycles. The van der Waals surface area contributed by atoms with E-state index in [1.54, 1.807) is 6.92 Å². The van der Waals surface area contributed by atoms with Crippen LogP contribution in [-0.4, -0.2) is 16.5 Å². The maximum atomic E-state index is 10.6. The lowest BCUT2D eigenvalue weighted by Gasteiger charge is -2.05. The molecule has 0 aliphatic carbocycles. The lowest BCUT2D eigenvalue weighted by atomic mass is 10.3. The molecule has 5 heteroatoms. The fourth-order valence-electron chi connectivity index (χ4n) is 1.00. The monoisotopic (exact) mass is 194 g/mol. The number of pyridine rings is 1. The van der Waals surface area contributed by atoms with E-state index in [0.717, 1.165) is 0 Å². The van der Waals surface area contributed by atoms with Crippen LogP contribution in [-0.2, 0) is 4.74 Å². The number of rotatable bonds is 4. The number of aromatic nitrogens is 1. The number of nitrogens with zero attached hydrogens (tertiary/aromatic N) is 2. The molecule has 1 heterocycles. The van der Waals surface area contributed by atoms with Gasteiger partial charge < -0.3 is 4.74 Å². The van der Waals surface area contributed by atoms with Crippen LogP contribution in [0.25, 0.3) is 5.76 Å². The highest BCUT2D eigenvalue weighted by Crippen LogP contribution is 2.22. The van der Waals surface area contributed by atoms with Gasteiger partial charge in [0.1, 0.15) is 5.76 Å². The zero-order chi connectivity index (χ0) is 10.6. The van der Waals surface area contributed by atoms with Crippen LogP contribution in [0.1, 0.15) is 12.6 Å². The summed E-state index contributed by atoms with van der Waals surface area (Å²) in [7, 11) is 0. The molecule has 1 rings (SSSR count). The van der Waals surface area contributed by atoms with E-state index in [9.17, 15) is 10.1 Å². The second-order valence-electron chi connectivity index (χ2n) is 2.48. The highest BCUT2D eigenvalue weighted by atomic mass is 16.6. The molecule has 74 valence electrons. The van der Waals surface area contributed by atoms with Crippen LogP contribution >= 0.6 is 0 Å². The SMILES string of the molecule is C=C(OCC)c1ncccc1[N+](=O)[O-]. The van der Waals surface area contributed by atoms with E-state index in [0.29, 0.717) is 6.61 Å². The zero-order valence-corrected chi connectivity index (χ0v) is 7.77. The van der Waals surface area contributed by atoms with Crippen molar-refractivity contribution in [3.05, 3.63) is 40.7 Å². The van der Waals surface area contributed by atoms with Crippen molar-refractivity contribution in [2.75, 3.05) is 6.61 Å². The summed E-state index contributed by atoms with van der Waals surface area (Å²) in [6, 6.07) is 2.87. The highest BCUT2D eigenvalue weighted by Gasteiger charge is 2.17. The van der Waals surface area contributed by atoms with Crippen LogP contribution in [0.4, 0.5) is 5.69 Å². The molecule has 0 spiro atoms. The van der Waals surface area contributed by atoms with E-state index in [1.165, 1.54) is 18.3 Å². The van der Waals surface area contributed by atoms with Gasteiger partial charge in [0.05, 0.1) is 11.5 Å². The molecule has 0 radical (unpaired) electrons. The van der Waals surface area contributed by atoms with Crippen LogP contribution in [0.3, 0.4) is 0 Å². The molecule has 0 amide bonds. The maximum Gasteiger partial charge on any atom is 0.298 e. The van der Waals surface area contributed by atoms with Gasteiger partial charge >= 0.3 is 0 Å². The van der Waals surface area contributed by atoms with Gasteiger partial charge in [0.2, 0.25) is 0 Å². The minimum absolute atomic E-state index is 0.0917. The molecule has 0 aliphatic rings. The molecule has 1 aromatic rings. The summed E-state index contributed by atoms with van der Waals surface area (Å²) in [6.45, 7) is 5.76.